The molecule has 2 aromatic heterocycles. The molecule has 2 aromatic rings. The molecule has 1 atom stereocenters. The van der Waals surface area contributed by atoms with Crippen LogP contribution in [0, 0.1) is 0 Å². The lowest BCUT2D eigenvalue weighted by atomic mass is 10.2. The van der Waals surface area contributed by atoms with Crippen LogP contribution in [0.5, 0.6) is 0 Å². The monoisotopic (exact) mass is 299 g/mol. The van der Waals surface area contributed by atoms with E-state index in [-0.39, 0.29) is 6.04 Å². The van der Waals surface area contributed by atoms with Crippen LogP contribution in [0.2, 0.25) is 0 Å². The predicted octanol–water partition coefficient (Wildman–Crippen LogP) is 3.17. The van der Waals surface area contributed by atoms with Crippen LogP contribution in [0.1, 0.15) is 30.0 Å². The smallest absolute Gasteiger partial charge is 0.0952 e. The van der Waals surface area contributed by atoms with E-state index in [1.165, 1.54) is 4.88 Å². The SMILES string of the molecule is CC[C@@H](N)c1cncn1Cc1cc(Br)cs1. The largest absolute Gasteiger partial charge is 0.328 e. The molecule has 0 aliphatic carbocycles. The van der Waals surface area contributed by atoms with Gasteiger partial charge in [0.25, 0.3) is 0 Å². The molecule has 2 heterocycles. The van der Waals surface area contributed by atoms with Crippen LogP contribution in [-0.2, 0) is 6.54 Å². The van der Waals surface area contributed by atoms with Crippen LogP contribution >= 0.6 is 27.3 Å². The number of hydrogen-bond acceptors (Lipinski definition) is 3. The Hall–Kier alpha value is -0.650. The number of hydrogen-bond donors (Lipinski definition) is 1. The van der Waals surface area contributed by atoms with Crippen molar-refractivity contribution < 1.29 is 0 Å². The summed E-state index contributed by atoms with van der Waals surface area (Å²) in [6.07, 6.45) is 4.63. The average Bonchev–Trinajstić information content (AvgIpc) is 2.87. The predicted molar refractivity (Wildman–Crippen MR) is 70.6 cm³/mol. The van der Waals surface area contributed by atoms with E-state index in [0.717, 1.165) is 23.1 Å². The first-order valence-electron chi connectivity index (χ1n) is 5.19. The molecule has 0 aliphatic heterocycles. The first-order chi connectivity index (χ1) is 7.70. The fourth-order valence-corrected chi connectivity index (χ4v) is 3.03. The van der Waals surface area contributed by atoms with Crippen molar-refractivity contribution in [3.05, 3.63) is 39.0 Å². The van der Waals surface area contributed by atoms with Gasteiger partial charge in [-0.3, -0.25) is 0 Å². The molecule has 2 rings (SSSR count). The number of imidazole rings is 1. The third-order valence-corrected chi connectivity index (χ3v) is 4.19. The minimum atomic E-state index is 0.0749. The summed E-state index contributed by atoms with van der Waals surface area (Å²) in [5, 5.41) is 2.09. The zero-order chi connectivity index (χ0) is 11.5. The summed E-state index contributed by atoms with van der Waals surface area (Å²) in [5.74, 6) is 0. The highest BCUT2D eigenvalue weighted by atomic mass is 79.9. The zero-order valence-corrected chi connectivity index (χ0v) is 11.5. The summed E-state index contributed by atoms with van der Waals surface area (Å²) in [6, 6.07) is 2.21. The van der Waals surface area contributed by atoms with Crippen LogP contribution in [-0.4, -0.2) is 9.55 Å². The molecule has 0 saturated carbocycles. The number of aromatic nitrogens is 2. The molecule has 0 amide bonds. The van der Waals surface area contributed by atoms with Gasteiger partial charge in [-0.05, 0) is 28.4 Å². The summed E-state index contributed by atoms with van der Waals surface area (Å²) in [4.78, 5) is 5.47. The standard InChI is InChI=1S/C11H14BrN3S/c1-2-10(13)11-4-14-7-15(11)5-9-3-8(12)6-16-9/h3-4,6-7,10H,2,5,13H2,1H3/t10-/m1/s1. The van der Waals surface area contributed by atoms with Crippen molar-refractivity contribution in [3.63, 3.8) is 0 Å². The third kappa shape index (κ3) is 2.53. The Kier molecular flexibility index (Phi) is 3.78. The Morgan fingerprint density at radius 1 is 1.62 bits per heavy atom. The average molecular weight is 300 g/mol. The Balaban J connectivity index is 2.18. The van der Waals surface area contributed by atoms with E-state index in [2.05, 4.69) is 43.9 Å². The molecule has 0 aliphatic rings. The minimum absolute atomic E-state index is 0.0749. The van der Waals surface area contributed by atoms with Crippen LogP contribution in [0.25, 0.3) is 0 Å². The summed E-state index contributed by atoms with van der Waals surface area (Å²) >= 11 is 5.20. The van der Waals surface area contributed by atoms with Gasteiger partial charge in [0.15, 0.2) is 0 Å². The van der Waals surface area contributed by atoms with Gasteiger partial charge in [-0.1, -0.05) is 6.92 Å². The highest BCUT2D eigenvalue weighted by molar-refractivity contribution is 9.10. The van der Waals surface area contributed by atoms with Gasteiger partial charge in [-0.15, -0.1) is 11.3 Å². The molecule has 3 nitrogen and oxygen atoms in total. The molecule has 2 N–H and O–H groups in total. The lowest BCUT2D eigenvalue weighted by molar-refractivity contribution is 0.621. The maximum atomic E-state index is 6.03. The molecular formula is C11H14BrN3S. The van der Waals surface area contributed by atoms with Crippen LogP contribution in [0.3, 0.4) is 0 Å². The Morgan fingerprint density at radius 3 is 3.06 bits per heavy atom. The van der Waals surface area contributed by atoms with Crippen molar-refractivity contribution in [3.8, 4) is 0 Å². The molecule has 86 valence electrons. The lowest BCUT2D eigenvalue weighted by Crippen LogP contribution is -2.14. The summed E-state index contributed by atoms with van der Waals surface area (Å²) < 4.78 is 3.25. The van der Waals surface area contributed by atoms with Crippen molar-refractivity contribution in [2.75, 3.05) is 0 Å². The second-order valence-corrected chi connectivity index (χ2v) is 5.60. The van der Waals surface area contributed by atoms with E-state index in [1.807, 2.05) is 12.5 Å². The van der Waals surface area contributed by atoms with E-state index in [1.54, 1.807) is 11.3 Å². The number of thiophene rings is 1. The van der Waals surface area contributed by atoms with Crippen LogP contribution in [0.4, 0.5) is 0 Å². The number of halogens is 1. The Bertz CT molecular complexity index is 463. The molecular weight excluding hydrogens is 286 g/mol. The van der Waals surface area contributed by atoms with Gasteiger partial charge in [0, 0.05) is 27.0 Å². The van der Waals surface area contributed by atoms with Crippen molar-refractivity contribution in [1.82, 2.24) is 9.55 Å². The maximum absolute atomic E-state index is 6.03. The minimum Gasteiger partial charge on any atom is -0.328 e. The van der Waals surface area contributed by atoms with Crippen LogP contribution in [0.15, 0.2) is 28.4 Å². The molecule has 16 heavy (non-hydrogen) atoms. The third-order valence-electron chi connectivity index (χ3n) is 2.51. The van der Waals surface area contributed by atoms with Gasteiger partial charge >= 0.3 is 0 Å². The Morgan fingerprint density at radius 2 is 2.44 bits per heavy atom. The number of nitrogens with two attached hydrogens (primary N) is 1. The fraction of sp³-hybridized carbons (Fsp3) is 0.364. The van der Waals surface area contributed by atoms with Gasteiger partial charge in [0.1, 0.15) is 0 Å². The van der Waals surface area contributed by atoms with Gasteiger partial charge in [0.05, 0.1) is 18.6 Å². The topological polar surface area (TPSA) is 43.8 Å². The molecule has 0 unspecified atom stereocenters. The van der Waals surface area contributed by atoms with E-state index < -0.39 is 0 Å². The summed E-state index contributed by atoms with van der Waals surface area (Å²) in [5.41, 5.74) is 7.14. The first kappa shape index (κ1) is 11.8. The first-order valence-corrected chi connectivity index (χ1v) is 6.86. The number of rotatable bonds is 4. The van der Waals surface area contributed by atoms with Gasteiger partial charge < -0.3 is 10.3 Å². The van der Waals surface area contributed by atoms with Crippen molar-refractivity contribution in [2.24, 2.45) is 5.73 Å². The second-order valence-electron chi connectivity index (χ2n) is 3.69. The van der Waals surface area contributed by atoms with Gasteiger partial charge in [-0.25, -0.2) is 4.98 Å². The van der Waals surface area contributed by atoms with Crippen molar-refractivity contribution in [2.45, 2.75) is 25.9 Å². The quantitative estimate of drug-likeness (QED) is 0.942. The van der Waals surface area contributed by atoms with E-state index in [0.29, 0.717) is 0 Å². The lowest BCUT2D eigenvalue weighted by Gasteiger charge is -2.11. The van der Waals surface area contributed by atoms with E-state index in [4.69, 9.17) is 5.73 Å². The molecule has 0 radical (unpaired) electrons. The molecule has 0 saturated heterocycles. The summed E-state index contributed by atoms with van der Waals surface area (Å²) in [7, 11) is 0. The van der Waals surface area contributed by atoms with Gasteiger partial charge in [0.2, 0.25) is 0 Å². The normalized spacial score (nSPS) is 12.9. The molecule has 0 aromatic carbocycles. The highest BCUT2D eigenvalue weighted by Crippen LogP contribution is 2.22. The van der Waals surface area contributed by atoms with Crippen molar-refractivity contribution in [1.29, 1.82) is 0 Å². The Labute approximate surface area is 107 Å². The fourth-order valence-electron chi connectivity index (χ4n) is 1.59. The van der Waals surface area contributed by atoms with Crippen molar-refractivity contribution >= 4 is 27.3 Å². The molecule has 5 heteroatoms. The highest BCUT2D eigenvalue weighted by Gasteiger charge is 2.10. The van der Waals surface area contributed by atoms with E-state index >= 15 is 0 Å². The summed E-state index contributed by atoms with van der Waals surface area (Å²) in [6.45, 7) is 2.93. The van der Waals surface area contributed by atoms with E-state index in [9.17, 15) is 0 Å². The number of nitrogens with zero attached hydrogens (tertiary/aromatic N) is 2. The zero-order valence-electron chi connectivity index (χ0n) is 9.06. The molecule has 0 fully saturated rings. The molecule has 0 spiro atoms. The maximum Gasteiger partial charge on any atom is 0.0952 e. The van der Waals surface area contributed by atoms with Gasteiger partial charge in [-0.2, -0.15) is 0 Å². The molecule has 0 bridgehead atoms. The second kappa shape index (κ2) is 5.12. The van der Waals surface area contributed by atoms with Crippen LogP contribution < -0.4 is 5.73 Å².